The molecule has 0 saturated carbocycles. The Labute approximate surface area is 177 Å². The highest BCUT2D eigenvalue weighted by atomic mass is 19.4. The van der Waals surface area contributed by atoms with Crippen LogP contribution in [0.2, 0.25) is 0 Å². The molecule has 3 N–H and O–H groups in total. The predicted octanol–water partition coefficient (Wildman–Crippen LogP) is 4.74. The summed E-state index contributed by atoms with van der Waals surface area (Å²) in [6, 6.07) is 10.3. The van der Waals surface area contributed by atoms with Crippen molar-refractivity contribution in [2.45, 2.75) is 31.0 Å². The summed E-state index contributed by atoms with van der Waals surface area (Å²) in [6.07, 6.45) is 0.208. The van der Waals surface area contributed by atoms with Gasteiger partial charge in [-0.15, -0.1) is 0 Å². The van der Waals surface area contributed by atoms with E-state index in [2.05, 4.69) is 10.6 Å². The number of rotatable bonds is 5. The van der Waals surface area contributed by atoms with Gasteiger partial charge in [-0.3, -0.25) is 9.59 Å². The van der Waals surface area contributed by atoms with Crippen LogP contribution in [0, 0.1) is 5.92 Å². The molecule has 3 atom stereocenters. The van der Waals surface area contributed by atoms with Crippen LogP contribution in [0.3, 0.4) is 0 Å². The third-order valence-corrected chi connectivity index (χ3v) is 5.82. The Kier molecular flexibility index (Phi) is 5.47. The van der Waals surface area contributed by atoms with Gasteiger partial charge < -0.3 is 15.7 Å². The number of carboxylic acids is 1. The summed E-state index contributed by atoms with van der Waals surface area (Å²) in [5, 5.41) is 14.7. The molecule has 1 amide bonds. The summed E-state index contributed by atoms with van der Waals surface area (Å²) in [6.45, 7) is 0.0348. The Bertz CT molecular complexity index is 1050. The summed E-state index contributed by atoms with van der Waals surface area (Å²) < 4.78 is 39.6. The van der Waals surface area contributed by atoms with Crippen molar-refractivity contribution in [3.05, 3.63) is 76.9 Å². The molecule has 4 rings (SSSR count). The maximum Gasteiger partial charge on any atom is 0.416 e. The molecule has 2 aliphatic rings. The number of amides is 1. The van der Waals surface area contributed by atoms with Gasteiger partial charge in [-0.2, -0.15) is 13.2 Å². The minimum Gasteiger partial charge on any atom is -0.481 e. The Morgan fingerprint density at radius 3 is 2.71 bits per heavy atom. The lowest BCUT2D eigenvalue weighted by Crippen LogP contribution is -2.30. The summed E-state index contributed by atoms with van der Waals surface area (Å²) in [7, 11) is 0. The second-order valence-electron chi connectivity index (χ2n) is 7.80. The molecule has 0 radical (unpaired) electrons. The first-order valence-corrected chi connectivity index (χ1v) is 9.98. The number of fused-ring (bicyclic) bond motifs is 3. The minimum atomic E-state index is -4.40. The summed E-state index contributed by atoms with van der Waals surface area (Å²) in [5.41, 5.74) is 2.01. The Balaban J connectivity index is 1.61. The van der Waals surface area contributed by atoms with Gasteiger partial charge in [0.15, 0.2) is 0 Å². The standard InChI is InChI=1S/C23H21F3N2O3/c24-23(25,26)15-4-1-3-13(11-15)21-17-6-2-5-16(17)18-12-14(7-8-19(18)28-21)22(31)27-10-9-20(29)30/h1-5,7-8,11-12,16-17,21,28H,6,9-10H2,(H,27,31)(H,29,30)/t16-,17+,21-/m1/s1. The fraction of sp³-hybridized carbons (Fsp3) is 0.304. The number of nitrogens with one attached hydrogen (secondary N) is 2. The zero-order chi connectivity index (χ0) is 22.2. The number of hydrogen-bond donors (Lipinski definition) is 3. The molecular weight excluding hydrogens is 409 g/mol. The highest BCUT2D eigenvalue weighted by molar-refractivity contribution is 5.95. The number of anilines is 1. The van der Waals surface area contributed by atoms with E-state index in [9.17, 15) is 22.8 Å². The first-order chi connectivity index (χ1) is 14.7. The highest BCUT2D eigenvalue weighted by Gasteiger charge is 2.39. The molecule has 5 nitrogen and oxygen atoms in total. The molecule has 0 saturated heterocycles. The van der Waals surface area contributed by atoms with Crippen molar-refractivity contribution in [2.24, 2.45) is 5.92 Å². The maximum absolute atomic E-state index is 13.2. The van der Waals surface area contributed by atoms with Gasteiger partial charge in [0.1, 0.15) is 0 Å². The molecule has 162 valence electrons. The number of allylic oxidation sites excluding steroid dienone is 2. The van der Waals surface area contributed by atoms with Crippen LogP contribution in [0.5, 0.6) is 0 Å². The van der Waals surface area contributed by atoms with Crippen LogP contribution in [0.4, 0.5) is 18.9 Å². The van der Waals surface area contributed by atoms with Crippen molar-refractivity contribution >= 4 is 17.6 Å². The molecule has 0 fully saturated rings. The first-order valence-electron chi connectivity index (χ1n) is 9.98. The average Bonchev–Trinajstić information content (AvgIpc) is 3.22. The van der Waals surface area contributed by atoms with Crippen LogP contribution in [-0.4, -0.2) is 23.5 Å². The monoisotopic (exact) mass is 430 g/mol. The zero-order valence-electron chi connectivity index (χ0n) is 16.4. The molecule has 1 heterocycles. The van der Waals surface area contributed by atoms with Crippen molar-refractivity contribution < 1.29 is 27.9 Å². The normalized spacial score (nSPS) is 21.7. The number of benzene rings is 2. The van der Waals surface area contributed by atoms with Gasteiger partial charge in [0.2, 0.25) is 0 Å². The lowest BCUT2D eigenvalue weighted by Gasteiger charge is -2.38. The van der Waals surface area contributed by atoms with Crippen molar-refractivity contribution in [1.82, 2.24) is 5.32 Å². The largest absolute Gasteiger partial charge is 0.481 e. The molecular formula is C23H21F3N2O3. The predicted molar refractivity (Wildman–Crippen MR) is 109 cm³/mol. The molecule has 2 aromatic carbocycles. The van der Waals surface area contributed by atoms with Crippen LogP contribution in [0.1, 0.15) is 51.8 Å². The van der Waals surface area contributed by atoms with Crippen LogP contribution < -0.4 is 10.6 Å². The van der Waals surface area contributed by atoms with E-state index in [-0.39, 0.29) is 36.8 Å². The third kappa shape index (κ3) is 4.28. The van der Waals surface area contributed by atoms with Crippen molar-refractivity contribution in [3.63, 3.8) is 0 Å². The Morgan fingerprint density at radius 2 is 1.97 bits per heavy atom. The van der Waals surface area contributed by atoms with Gasteiger partial charge >= 0.3 is 12.1 Å². The molecule has 0 bridgehead atoms. The fourth-order valence-corrected chi connectivity index (χ4v) is 4.36. The van der Waals surface area contributed by atoms with Gasteiger partial charge in [0.05, 0.1) is 18.0 Å². The third-order valence-electron chi connectivity index (χ3n) is 5.82. The van der Waals surface area contributed by atoms with E-state index in [1.54, 1.807) is 24.3 Å². The van der Waals surface area contributed by atoms with E-state index >= 15 is 0 Å². The van der Waals surface area contributed by atoms with Gasteiger partial charge in [0.25, 0.3) is 5.91 Å². The number of hydrogen-bond acceptors (Lipinski definition) is 3. The van der Waals surface area contributed by atoms with Gasteiger partial charge in [-0.25, -0.2) is 0 Å². The van der Waals surface area contributed by atoms with E-state index < -0.39 is 17.7 Å². The lowest BCUT2D eigenvalue weighted by atomic mass is 9.76. The van der Waals surface area contributed by atoms with Gasteiger partial charge in [-0.1, -0.05) is 24.3 Å². The maximum atomic E-state index is 13.2. The van der Waals surface area contributed by atoms with Crippen molar-refractivity contribution in [3.8, 4) is 0 Å². The van der Waals surface area contributed by atoms with E-state index in [0.29, 0.717) is 17.5 Å². The molecule has 1 aliphatic heterocycles. The summed E-state index contributed by atoms with van der Waals surface area (Å²) in [5.74, 6) is -1.35. The van der Waals surface area contributed by atoms with E-state index in [0.717, 1.165) is 17.3 Å². The Morgan fingerprint density at radius 1 is 1.16 bits per heavy atom. The number of carbonyl (C=O) groups excluding carboxylic acids is 1. The quantitative estimate of drug-likeness (QED) is 0.599. The van der Waals surface area contributed by atoms with E-state index in [1.165, 1.54) is 12.1 Å². The van der Waals surface area contributed by atoms with Crippen molar-refractivity contribution in [2.75, 3.05) is 11.9 Å². The van der Waals surface area contributed by atoms with Crippen LogP contribution in [0.15, 0.2) is 54.6 Å². The summed E-state index contributed by atoms with van der Waals surface area (Å²) in [4.78, 5) is 23.0. The molecule has 0 spiro atoms. The second kappa shape index (κ2) is 8.09. The topological polar surface area (TPSA) is 78.4 Å². The van der Waals surface area contributed by atoms with Gasteiger partial charge in [-0.05, 0) is 53.8 Å². The van der Waals surface area contributed by atoms with Crippen LogP contribution in [-0.2, 0) is 11.0 Å². The molecule has 31 heavy (non-hydrogen) atoms. The number of alkyl halides is 3. The second-order valence-corrected chi connectivity index (χ2v) is 7.80. The number of aliphatic carboxylic acids is 1. The van der Waals surface area contributed by atoms with Crippen LogP contribution >= 0.6 is 0 Å². The fourth-order valence-electron chi connectivity index (χ4n) is 4.36. The van der Waals surface area contributed by atoms with Gasteiger partial charge in [0, 0.05) is 23.7 Å². The molecule has 2 aromatic rings. The Hall–Kier alpha value is -3.29. The molecule has 0 aromatic heterocycles. The highest BCUT2D eigenvalue weighted by Crippen LogP contribution is 2.50. The SMILES string of the molecule is O=C(O)CCNC(=O)c1ccc2c(c1)[C@@H]1C=CC[C@@H]1[C@@H](c1cccc(C(F)(F)F)c1)N2. The number of carboxylic acid groups (broad SMARTS) is 1. The zero-order valence-corrected chi connectivity index (χ0v) is 16.4. The molecule has 0 unspecified atom stereocenters. The first kappa shape index (κ1) is 21.0. The average molecular weight is 430 g/mol. The smallest absolute Gasteiger partial charge is 0.416 e. The van der Waals surface area contributed by atoms with E-state index in [4.69, 9.17) is 5.11 Å². The lowest BCUT2D eigenvalue weighted by molar-refractivity contribution is -0.138. The van der Waals surface area contributed by atoms with Crippen molar-refractivity contribution in [1.29, 1.82) is 0 Å². The molecule has 8 heteroatoms. The van der Waals surface area contributed by atoms with E-state index in [1.807, 2.05) is 12.2 Å². The number of carbonyl (C=O) groups is 2. The minimum absolute atomic E-state index is 0.0254. The van der Waals surface area contributed by atoms with Crippen LogP contribution in [0.25, 0.3) is 0 Å². The number of halogens is 3. The summed E-state index contributed by atoms with van der Waals surface area (Å²) >= 11 is 0. The molecule has 1 aliphatic carbocycles.